The monoisotopic (exact) mass is 560 g/mol. The minimum atomic E-state index is -4.61. The number of halogens is 5. The minimum absolute atomic E-state index is 0.0885. The molecular formula is C21H21BrClF3N6S. The van der Waals surface area contributed by atoms with Crippen molar-refractivity contribution >= 4 is 45.4 Å². The highest BCUT2D eigenvalue weighted by Gasteiger charge is 2.36. The van der Waals surface area contributed by atoms with E-state index in [0.717, 1.165) is 37.7 Å². The number of hydrogen-bond donors (Lipinski definition) is 1. The molecular weight excluding hydrogens is 541 g/mol. The molecule has 1 aromatic carbocycles. The van der Waals surface area contributed by atoms with Crippen LogP contribution in [-0.2, 0) is 11.5 Å². The zero-order valence-electron chi connectivity index (χ0n) is 17.6. The molecule has 1 N–H and O–H groups in total. The summed E-state index contributed by atoms with van der Waals surface area (Å²) in [6.45, 7) is 1.79. The van der Waals surface area contributed by atoms with Crippen LogP contribution in [0.1, 0.15) is 24.0 Å². The maximum absolute atomic E-state index is 13.7. The van der Waals surface area contributed by atoms with Crippen LogP contribution >= 0.6 is 39.5 Å². The van der Waals surface area contributed by atoms with Gasteiger partial charge in [0.25, 0.3) is 0 Å². The maximum atomic E-state index is 13.7. The molecule has 0 spiro atoms. The summed E-state index contributed by atoms with van der Waals surface area (Å²) in [4.78, 5) is 12.4. The molecule has 1 aliphatic rings. The lowest BCUT2D eigenvalue weighted by Crippen LogP contribution is -2.35. The maximum Gasteiger partial charge on any atom is 0.420 e. The largest absolute Gasteiger partial charge is 0.420 e. The molecule has 0 unspecified atom stereocenters. The molecule has 0 bridgehead atoms. The number of imidazole rings is 1. The Balaban J connectivity index is 1.64. The molecule has 2 aromatic heterocycles. The van der Waals surface area contributed by atoms with Gasteiger partial charge in [-0.05, 0) is 36.8 Å². The molecule has 0 saturated carbocycles. The van der Waals surface area contributed by atoms with E-state index in [1.807, 2.05) is 12.3 Å². The van der Waals surface area contributed by atoms with Gasteiger partial charge in [-0.15, -0.1) is 0 Å². The zero-order valence-corrected chi connectivity index (χ0v) is 20.8. The van der Waals surface area contributed by atoms with Crippen LogP contribution < -0.4 is 5.32 Å². The van der Waals surface area contributed by atoms with Crippen molar-refractivity contribution in [3.8, 4) is 17.1 Å². The van der Waals surface area contributed by atoms with E-state index in [4.69, 9.17) is 11.6 Å². The SMILES string of the molecule is CSN1CCC(Nc2ncc(C(F)(F)F)c(-c3cn(-c4ccc(CBr)cc4Cl)cn3)n2)CC1. The van der Waals surface area contributed by atoms with Gasteiger partial charge in [-0.1, -0.05) is 45.5 Å². The van der Waals surface area contributed by atoms with E-state index < -0.39 is 11.7 Å². The third-order valence-electron chi connectivity index (χ3n) is 5.41. The van der Waals surface area contributed by atoms with Gasteiger partial charge < -0.3 is 9.88 Å². The second-order valence-corrected chi connectivity index (χ2v) is 9.42. The summed E-state index contributed by atoms with van der Waals surface area (Å²) in [5.74, 6) is 0.162. The number of rotatable bonds is 6. The summed E-state index contributed by atoms with van der Waals surface area (Å²) >= 11 is 11.4. The lowest BCUT2D eigenvalue weighted by atomic mass is 10.1. The highest BCUT2D eigenvalue weighted by molar-refractivity contribution is 9.08. The molecule has 0 radical (unpaired) electrons. The summed E-state index contributed by atoms with van der Waals surface area (Å²) in [7, 11) is 0. The summed E-state index contributed by atoms with van der Waals surface area (Å²) in [5, 5.41) is 4.30. The number of piperidine rings is 1. The second-order valence-electron chi connectivity index (χ2n) is 7.57. The van der Waals surface area contributed by atoms with E-state index in [2.05, 4.69) is 40.5 Å². The average Bonchev–Trinajstić information content (AvgIpc) is 3.28. The number of benzene rings is 1. The Hall–Kier alpha value is -1.82. The third kappa shape index (κ3) is 5.64. The first-order valence-electron chi connectivity index (χ1n) is 10.2. The molecule has 0 atom stereocenters. The molecule has 1 fully saturated rings. The normalized spacial score (nSPS) is 15.7. The van der Waals surface area contributed by atoms with E-state index in [-0.39, 0.29) is 23.4 Å². The van der Waals surface area contributed by atoms with Gasteiger partial charge in [0.15, 0.2) is 0 Å². The van der Waals surface area contributed by atoms with Crippen LogP contribution in [-0.4, -0.2) is 49.2 Å². The molecule has 33 heavy (non-hydrogen) atoms. The Bertz CT molecular complexity index is 1120. The lowest BCUT2D eigenvalue weighted by molar-refractivity contribution is -0.137. The Labute approximate surface area is 207 Å². The van der Waals surface area contributed by atoms with Gasteiger partial charge in [0.1, 0.15) is 23.3 Å². The Morgan fingerprint density at radius 1 is 1.24 bits per heavy atom. The standard InChI is InChI=1S/C21H21BrClF3N6S/c1-33-32-6-4-14(5-7-32)29-20-27-10-15(21(24,25)26)19(30-20)17-11-31(12-28-17)18-3-2-13(9-22)8-16(18)23/h2-3,8,10-12,14H,4-7,9H2,1H3,(H,27,29,30). The first-order valence-corrected chi connectivity index (χ1v) is 12.9. The molecule has 6 nitrogen and oxygen atoms in total. The molecule has 1 saturated heterocycles. The number of alkyl halides is 4. The van der Waals surface area contributed by atoms with Crippen molar-refractivity contribution in [3.05, 3.63) is 53.1 Å². The molecule has 1 aliphatic heterocycles. The Kier molecular flexibility index (Phi) is 7.52. The summed E-state index contributed by atoms with van der Waals surface area (Å²) in [5.41, 5.74) is 0.482. The first-order chi connectivity index (χ1) is 15.8. The average molecular weight is 562 g/mol. The zero-order chi connectivity index (χ0) is 23.6. The van der Waals surface area contributed by atoms with Crippen LogP contribution in [0, 0.1) is 0 Å². The quantitative estimate of drug-likeness (QED) is 0.292. The van der Waals surface area contributed by atoms with Crippen molar-refractivity contribution in [2.45, 2.75) is 30.4 Å². The topological polar surface area (TPSA) is 58.9 Å². The molecule has 0 amide bonds. The fourth-order valence-corrected chi connectivity index (χ4v) is 4.86. The van der Waals surface area contributed by atoms with Gasteiger partial charge in [-0.2, -0.15) is 13.2 Å². The fraction of sp³-hybridized carbons (Fsp3) is 0.381. The van der Waals surface area contributed by atoms with Crippen LogP contribution in [0.25, 0.3) is 17.1 Å². The summed E-state index contributed by atoms with van der Waals surface area (Å²) < 4.78 is 45.0. The van der Waals surface area contributed by atoms with E-state index in [1.165, 1.54) is 12.5 Å². The molecule has 0 aliphatic carbocycles. The molecule has 4 rings (SSSR count). The first kappa shape index (κ1) is 24.3. The van der Waals surface area contributed by atoms with Gasteiger partial charge in [0.05, 0.1) is 10.7 Å². The second kappa shape index (κ2) is 10.2. The van der Waals surface area contributed by atoms with Crippen molar-refractivity contribution in [2.75, 3.05) is 24.7 Å². The number of hydrogen-bond acceptors (Lipinski definition) is 6. The van der Waals surface area contributed by atoms with Gasteiger partial charge in [0, 0.05) is 36.9 Å². The predicted molar refractivity (Wildman–Crippen MR) is 129 cm³/mol. The fourth-order valence-electron chi connectivity index (χ4n) is 3.64. The molecule has 12 heteroatoms. The van der Waals surface area contributed by atoms with Crippen LogP contribution in [0.3, 0.4) is 0 Å². The summed E-state index contributed by atoms with van der Waals surface area (Å²) in [6.07, 6.45) is 2.87. The molecule has 3 heterocycles. The van der Waals surface area contributed by atoms with E-state index >= 15 is 0 Å². The van der Waals surface area contributed by atoms with Gasteiger partial charge in [-0.25, -0.2) is 15.0 Å². The van der Waals surface area contributed by atoms with Gasteiger partial charge >= 0.3 is 6.18 Å². The minimum Gasteiger partial charge on any atom is -0.351 e. The van der Waals surface area contributed by atoms with Crippen molar-refractivity contribution < 1.29 is 13.2 Å². The van der Waals surface area contributed by atoms with Crippen molar-refractivity contribution in [3.63, 3.8) is 0 Å². The predicted octanol–water partition coefficient (Wildman–Crippen LogP) is 6.05. The highest BCUT2D eigenvalue weighted by Crippen LogP contribution is 2.36. The van der Waals surface area contributed by atoms with Crippen LogP contribution in [0.2, 0.25) is 5.02 Å². The van der Waals surface area contributed by atoms with Crippen LogP contribution in [0.5, 0.6) is 0 Å². The highest BCUT2D eigenvalue weighted by atomic mass is 79.9. The molecule has 176 valence electrons. The van der Waals surface area contributed by atoms with E-state index in [9.17, 15) is 13.2 Å². The number of nitrogens with one attached hydrogen (secondary N) is 1. The van der Waals surface area contributed by atoms with Gasteiger partial charge in [0.2, 0.25) is 5.95 Å². The Morgan fingerprint density at radius 2 is 2.00 bits per heavy atom. The summed E-state index contributed by atoms with van der Waals surface area (Å²) in [6, 6.07) is 5.57. The molecule has 3 aromatic rings. The Morgan fingerprint density at radius 3 is 2.64 bits per heavy atom. The van der Waals surface area contributed by atoms with E-state index in [0.29, 0.717) is 16.0 Å². The van der Waals surface area contributed by atoms with Crippen molar-refractivity contribution in [1.82, 2.24) is 23.8 Å². The number of nitrogens with zero attached hydrogens (tertiary/aromatic N) is 5. The number of aromatic nitrogens is 4. The van der Waals surface area contributed by atoms with Crippen molar-refractivity contribution in [1.29, 1.82) is 0 Å². The van der Waals surface area contributed by atoms with Gasteiger partial charge in [-0.3, -0.25) is 4.31 Å². The smallest absolute Gasteiger partial charge is 0.351 e. The lowest BCUT2D eigenvalue weighted by Gasteiger charge is -2.30. The van der Waals surface area contributed by atoms with E-state index in [1.54, 1.807) is 28.6 Å². The third-order valence-corrected chi connectivity index (χ3v) is 7.24. The van der Waals surface area contributed by atoms with Crippen LogP contribution in [0.4, 0.5) is 19.1 Å². The van der Waals surface area contributed by atoms with Crippen molar-refractivity contribution in [2.24, 2.45) is 0 Å². The number of anilines is 1. The van der Waals surface area contributed by atoms with Crippen LogP contribution in [0.15, 0.2) is 36.9 Å².